The number of esters is 1. The quantitative estimate of drug-likeness (QED) is 0.880. The van der Waals surface area contributed by atoms with Crippen LogP contribution < -0.4 is 0 Å². The fourth-order valence-corrected chi connectivity index (χ4v) is 3.07. The number of aliphatic hydroxyl groups is 1. The molecule has 118 valence electrons. The van der Waals surface area contributed by atoms with Gasteiger partial charge in [-0.15, -0.1) is 0 Å². The SMILES string of the molecule is COC(=O)[C@H]1C[C@@H](O)CN1Cc1cc2cc(C)c(C)cc2o1. The Morgan fingerprint density at radius 2 is 2.09 bits per heavy atom. The van der Waals surface area contributed by atoms with Crippen LogP contribution in [0, 0.1) is 13.8 Å². The number of nitrogens with zero attached hydrogens (tertiary/aromatic N) is 1. The van der Waals surface area contributed by atoms with Crippen molar-refractivity contribution < 1.29 is 19.1 Å². The van der Waals surface area contributed by atoms with E-state index in [2.05, 4.69) is 19.9 Å². The Morgan fingerprint density at radius 1 is 1.36 bits per heavy atom. The summed E-state index contributed by atoms with van der Waals surface area (Å²) < 4.78 is 10.7. The van der Waals surface area contributed by atoms with E-state index >= 15 is 0 Å². The van der Waals surface area contributed by atoms with E-state index in [1.807, 2.05) is 17.0 Å². The summed E-state index contributed by atoms with van der Waals surface area (Å²) in [5.74, 6) is 0.488. The van der Waals surface area contributed by atoms with E-state index in [9.17, 15) is 9.90 Å². The van der Waals surface area contributed by atoms with E-state index in [1.54, 1.807) is 0 Å². The Bertz CT molecular complexity index is 667. The van der Waals surface area contributed by atoms with Crippen LogP contribution in [0.5, 0.6) is 0 Å². The zero-order valence-electron chi connectivity index (χ0n) is 13.1. The molecule has 0 saturated carbocycles. The number of β-amino-alcohol motifs (C(OH)–C–C–N with tert-alkyl or cyclic N) is 1. The molecule has 1 aliphatic rings. The van der Waals surface area contributed by atoms with Crippen LogP contribution in [-0.4, -0.2) is 41.8 Å². The molecule has 2 heterocycles. The van der Waals surface area contributed by atoms with Crippen molar-refractivity contribution in [3.63, 3.8) is 0 Å². The van der Waals surface area contributed by atoms with Crippen molar-refractivity contribution >= 4 is 16.9 Å². The minimum atomic E-state index is -0.502. The molecular weight excluding hydrogens is 282 g/mol. The second-order valence-corrected chi connectivity index (χ2v) is 6.04. The second kappa shape index (κ2) is 5.74. The normalized spacial score (nSPS) is 22.4. The lowest BCUT2D eigenvalue weighted by Gasteiger charge is -2.20. The van der Waals surface area contributed by atoms with Gasteiger partial charge in [0, 0.05) is 18.4 Å². The Morgan fingerprint density at radius 3 is 2.82 bits per heavy atom. The number of carbonyl (C=O) groups is 1. The summed E-state index contributed by atoms with van der Waals surface area (Å²) in [4.78, 5) is 13.7. The van der Waals surface area contributed by atoms with E-state index < -0.39 is 12.1 Å². The largest absolute Gasteiger partial charge is 0.468 e. The highest BCUT2D eigenvalue weighted by atomic mass is 16.5. The predicted octanol–water partition coefficient (Wildman–Crippen LogP) is 2.16. The highest BCUT2D eigenvalue weighted by Gasteiger charge is 2.37. The summed E-state index contributed by atoms with van der Waals surface area (Å²) in [6, 6.07) is 5.73. The molecule has 5 heteroatoms. The number of benzene rings is 1. The van der Waals surface area contributed by atoms with Crippen molar-refractivity contribution in [2.75, 3.05) is 13.7 Å². The van der Waals surface area contributed by atoms with Gasteiger partial charge >= 0.3 is 5.97 Å². The molecule has 22 heavy (non-hydrogen) atoms. The van der Waals surface area contributed by atoms with E-state index in [1.165, 1.54) is 18.2 Å². The zero-order chi connectivity index (χ0) is 15.9. The predicted molar refractivity (Wildman–Crippen MR) is 82.5 cm³/mol. The number of hydrogen-bond donors (Lipinski definition) is 1. The summed E-state index contributed by atoms with van der Waals surface area (Å²) >= 11 is 0. The molecule has 2 atom stereocenters. The molecule has 0 unspecified atom stereocenters. The van der Waals surface area contributed by atoms with Gasteiger partial charge in [0.1, 0.15) is 17.4 Å². The summed E-state index contributed by atoms with van der Waals surface area (Å²) in [7, 11) is 1.37. The summed E-state index contributed by atoms with van der Waals surface area (Å²) in [5.41, 5.74) is 3.27. The maximum absolute atomic E-state index is 11.8. The molecule has 0 bridgehead atoms. The first kappa shape index (κ1) is 15.1. The van der Waals surface area contributed by atoms with Gasteiger partial charge in [-0.2, -0.15) is 0 Å². The van der Waals surface area contributed by atoms with E-state index in [4.69, 9.17) is 9.15 Å². The molecule has 0 radical (unpaired) electrons. The van der Waals surface area contributed by atoms with Gasteiger partial charge in [0.15, 0.2) is 0 Å². The topological polar surface area (TPSA) is 62.9 Å². The van der Waals surface area contributed by atoms with Crippen LogP contribution in [0.2, 0.25) is 0 Å². The second-order valence-electron chi connectivity index (χ2n) is 6.04. The molecule has 3 rings (SSSR count). The molecule has 1 aliphatic heterocycles. The molecule has 0 spiro atoms. The zero-order valence-corrected chi connectivity index (χ0v) is 13.1. The molecule has 2 aromatic rings. The van der Waals surface area contributed by atoms with Crippen molar-refractivity contribution in [2.24, 2.45) is 0 Å². The van der Waals surface area contributed by atoms with Gasteiger partial charge in [0.2, 0.25) is 0 Å². The minimum absolute atomic E-state index is 0.306. The fraction of sp³-hybridized carbons (Fsp3) is 0.471. The molecule has 1 saturated heterocycles. The highest BCUT2D eigenvalue weighted by molar-refractivity contribution is 5.80. The number of rotatable bonds is 3. The number of carbonyl (C=O) groups excluding carboxylic acids is 1. The maximum Gasteiger partial charge on any atom is 0.323 e. The van der Waals surface area contributed by atoms with Crippen LogP contribution in [0.1, 0.15) is 23.3 Å². The average Bonchev–Trinajstić information content (AvgIpc) is 3.02. The number of aliphatic hydroxyl groups excluding tert-OH is 1. The van der Waals surface area contributed by atoms with Gasteiger partial charge in [-0.3, -0.25) is 9.69 Å². The molecule has 0 amide bonds. The van der Waals surface area contributed by atoms with Crippen molar-refractivity contribution in [2.45, 2.75) is 39.0 Å². The number of aryl methyl sites for hydroxylation is 2. The molecule has 1 aromatic heterocycles. The van der Waals surface area contributed by atoms with Gasteiger partial charge in [-0.05, 0) is 43.2 Å². The Hall–Kier alpha value is -1.85. The highest BCUT2D eigenvalue weighted by Crippen LogP contribution is 2.27. The van der Waals surface area contributed by atoms with E-state index in [-0.39, 0.29) is 5.97 Å². The first-order chi connectivity index (χ1) is 10.5. The number of ether oxygens (including phenoxy) is 1. The van der Waals surface area contributed by atoms with Crippen molar-refractivity contribution in [3.8, 4) is 0 Å². The average molecular weight is 303 g/mol. The minimum Gasteiger partial charge on any atom is -0.468 e. The standard InChI is InChI=1S/C17H21NO4/c1-10-4-12-6-14(22-16(12)5-11(10)2)9-18-8-13(19)7-15(18)17(20)21-3/h4-6,13,15,19H,7-9H2,1-3H3/t13-,15-/m1/s1. The molecule has 0 aliphatic carbocycles. The van der Waals surface area contributed by atoms with Crippen LogP contribution in [-0.2, 0) is 16.1 Å². The summed E-state index contributed by atoms with van der Waals surface area (Å²) in [6.07, 6.45) is -0.0940. The molecule has 1 fully saturated rings. The Labute approximate surface area is 129 Å². The van der Waals surface area contributed by atoms with Gasteiger partial charge in [0.25, 0.3) is 0 Å². The lowest BCUT2D eigenvalue weighted by atomic mass is 10.1. The summed E-state index contributed by atoms with van der Waals surface area (Å²) in [5, 5.41) is 10.9. The first-order valence-corrected chi connectivity index (χ1v) is 7.47. The molecule has 5 nitrogen and oxygen atoms in total. The van der Waals surface area contributed by atoms with Gasteiger partial charge in [-0.1, -0.05) is 0 Å². The van der Waals surface area contributed by atoms with Crippen molar-refractivity contribution in [3.05, 3.63) is 35.1 Å². The number of likely N-dealkylation sites (tertiary alicyclic amines) is 1. The Balaban J connectivity index is 1.84. The maximum atomic E-state index is 11.8. The van der Waals surface area contributed by atoms with Crippen molar-refractivity contribution in [1.29, 1.82) is 0 Å². The van der Waals surface area contributed by atoms with Crippen LogP contribution in [0.25, 0.3) is 11.0 Å². The third-order valence-corrected chi connectivity index (χ3v) is 4.40. The third kappa shape index (κ3) is 2.74. The molecule has 1 aromatic carbocycles. The summed E-state index contributed by atoms with van der Waals surface area (Å²) in [6.45, 7) is 5.07. The lowest BCUT2D eigenvalue weighted by Crippen LogP contribution is -2.36. The van der Waals surface area contributed by atoms with Gasteiger partial charge in [0.05, 0.1) is 19.8 Å². The number of hydrogen-bond acceptors (Lipinski definition) is 5. The van der Waals surface area contributed by atoms with Crippen LogP contribution >= 0.6 is 0 Å². The van der Waals surface area contributed by atoms with E-state index in [0.29, 0.717) is 19.5 Å². The van der Waals surface area contributed by atoms with Crippen LogP contribution in [0.15, 0.2) is 22.6 Å². The Kier molecular flexibility index (Phi) is 3.93. The molecule has 1 N–H and O–H groups in total. The van der Waals surface area contributed by atoms with Gasteiger partial charge in [-0.25, -0.2) is 0 Å². The van der Waals surface area contributed by atoms with Crippen molar-refractivity contribution in [1.82, 2.24) is 4.90 Å². The first-order valence-electron chi connectivity index (χ1n) is 7.47. The monoisotopic (exact) mass is 303 g/mol. The fourth-order valence-electron chi connectivity index (χ4n) is 3.07. The number of methoxy groups -OCH3 is 1. The number of furan rings is 1. The van der Waals surface area contributed by atoms with Crippen LogP contribution in [0.4, 0.5) is 0 Å². The van der Waals surface area contributed by atoms with Crippen LogP contribution in [0.3, 0.4) is 0 Å². The third-order valence-electron chi connectivity index (χ3n) is 4.40. The number of fused-ring (bicyclic) bond motifs is 1. The van der Waals surface area contributed by atoms with E-state index in [0.717, 1.165) is 16.7 Å². The molecular formula is C17H21NO4. The lowest BCUT2D eigenvalue weighted by molar-refractivity contribution is -0.146. The van der Waals surface area contributed by atoms with Gasteiger partial charge < -0.3 is 14.3 Å². The smallest absolute Gasteiger partial charge is 0.323 e.